The van der Waals surface area contributed by atoms with E-state index in [1.165, 1.54) is 5.56 Å². The van der Waals surface area contributed by atoms with Gasteiger partial charge in [-0.3, -0.25) is 4.79 Å². The minimum absolute atomic E-state index is 0.0174. The van der Waals surface area contributed by atoms with Crippen LogP contribution in [0.25, 0.3) is 0 Å². The minimum Gasteiger partial charge on any atom is -0.459 e. The predicted molar refractivity (Wildman–Crippen MR) is 78.5 cm³/mol. The summed E-state index contributed by atoms with van der Waals surface area (Å²) in [5.74, 6) is -0.0976. The van der Waals surface area contributed by atoms with Crippen LogP contribution in [0.5, 0.6) is 0 Å². The van der Waals surface area contributed by atoms with E-state index in [2.05, 4.69) is 31.2 Å². The predicted octanol–water partition coefficient (Wildman–Crippen LogP) is 3.95. The number of esters is 1. The number of hydrogen-bond donors (Lipinski definition) is 0. The summed E-state index contributed by atoms with van der Waals surface area (Å²) in [7, 11) is 0. The molecule has 0 N–H and O–H groups in total. The van der Waals surface area contributed by atoms with Gasteiger partial charge in [0.15, 0.2) is 0 Å². The van der Waals surface area contributed by atoms with Crippen molar-refractivity contribution < 1.29 is 14.3 Å². The molecule has 1 heterocycles. The van der Waals surface area contributed by atoms with Crippen molar-refractivity contribution in [2.45, 2.75) is 58.2 Å². The molecule has 1 aliphatic rings. The molecule has 0 aromatic heterocycles. The number of benzene rings is 1. The molecular weight excluding hydrogens is 252 g/mol. The smallest absolute Gasteiger partial charge is 0.306 e. The van der Waals surface area contributed by atoms with Crippen molar-refractivity contribution in [2.75, 3.05) is 6.61 Å². The minimum atomic E-state index is -0.403. The number of ether oxygens (including phenoxy) is 2. The van der Waals surface area contributed by atoms with E-state index >= 15 is 0 Å². The first-order chi connectivity index (χ1) is 9.52. The quantitative estimate of drug-likeness (QED) is 0.781. The summed E-state index contributed by atoms with van der Waals surface area (Å²) in [5.41, 5.74) is 2.00. The Morgan fingerprint density at radius 3 is 2.75 bits per heavy atom. The second kappa shape index (κ2) is 6.40. The van der Waals surface area contributed by atoms with Gasteiger partial charge in [0, 0.05) is 19.3 Å². The Balaban J connectivity index is 2.03. The molecule has 3 nitrogen and oxygen atoms in total. The van der Waals surface area contributed by atoms with E-state index in [9.17, 15) is 4.79 Å². The van der Waals surface area contributed by atoms with Crippen molar-refractivity contribution in [1.82, 2.24) is 0 Å². The van der Waals surface area contributed by atoms with Crippen LogP contribution in [0.1, 0.15) is 56.8 Å². The molecule has 1 aliphatic heterocycles. The van der Waals surface area contributed by atoms with Gasteiger partial charge in [-0.05, 0) is 25.8 Å². The van der Waals surface area contributed by atoms with Crippen LogP contribution >= 0.6 is 0 Å². The highest BCUT2D eigenvalue weighted by Crippen LogP contribution is 2.36. The van der Waals surface area contributed by atoms with Crippen LogP contribution in [-0.2, 0) is 14.3 Å². The van der Waals surface area contributed by atoms with Gasteiger partial charge in [-0.15, -0.1) is 0 Å². The molecule has 2 atom stereocenters. The lowest BCUT2D eigenvalue weighted by atomic mass is 9.89. The maximum atomic E-state index is 11.7. The average molecular weight is 276 g/mol. The molecule has 0 radical (unpaired) electrons. The zero-order valence-electron chi connectivity index (χ0n) is 12.6. The molecule has 1 saturated heterocycles. The van der Waals surface area contributed by atoms with Crippen LogP contribution < -0.4 is 0 Å². The van der Waals surface area contributed by atoms with E-state index in [-0.39, 0.29) is 12.1 Å². The highest BCUT2D eigenvalue weighted by molar-refractivity contribution is 5.69. The molecule has 0 aliphatic carbocycles. The van der Waals surface area contributed by atoms with Gasteiger partial charge < -0.3 is 9.47 Å². The zero-order valence-corrected chi connectivity index (χ0v) is 12.6. The lowest BCUT2D eigenvalue weighted by Crippen LogP contribution is -2.39. The van der Waals surface area contributed by atoms with E-state index < -0.39 is 5.60 Å². The van der Waals surface area contributed by atoms with Gasteiger partial charge in [-0.25, -0.2) is 0 Å². The first-order valence-electron chi connectivity index (χ1n) is 7.42. The second-order valence-corrected chi connectivity index (χ2v) is 5.90. The SMILES string of the molecule is CCCC(=O)OC1(C)CCOC(c2ccc(C)cc2)C1. The van der Waals surface area contributed by atoms with Crippen molar-refractivity contribution in [1.29, 1.82) is 0 Å². The second-order valence-electron chi connectivity index (χ2n) is 5.90. The summed E-state index contributed by atoms with van der Waals surface area (Å²) < 4.78 is 11.5. The Hall–Kier alpha value is -1.35. The van der Waals surface area contributed by atoms with Gasteiger partial charge >= 0.3 is 5.97 Å². The van der Waals surface area contributed by atoms with Crippen LogP contribution in [-0.4, -0.2) is 18.2 Å². The largest absolute Gasteiger partial charge is 0.459 e. The van der Waals surface area contributed by atoms with E-state index in [1.807, 2.05) is 13.8 Å². The van der Waals surface area contributed by atoms with Gasteiger partial charge in [0.1, 0.15) is 5.60 Å². The molecule has 2 rings (SSSR count). The van der Waals surface area contributed by atoms with Crippen molar-refractivity contribution >= 4 is 5.97 Å². The van der Waals surface area contributed by atoms with E-state index in [1.54, 1.807) is 0 Å². The summed E-state index contributed by atoms with van der Waals surface area (Å²) in [5, 5.41) is 0. The molecule has 1 fully saturated rings. The Bertz CT molecular complexity index is 452. The summed E-state index contributed by atoms with van der Waals surface area (Å²) in [4.78, 5) is 11.7. The van der Waals surface area contributed by atoms with Crippen LogP contribution in [0.3, 0.4) is 0 Å². The summed E-state index contributed by atoms with van der Waals surface area (Å²) in [6.07, 6.45) is 2.83. The number of hydrogen-bond acceptors (Lipinski definition) is 3. The van der Waals surface area contributed by atoms with Crippen molar-refractivity contribution in [3.63, 3.8) is 0 Å². The third kappa shape index (κ3) is 3.83. The van der Waals surface area contributed by atoms with Gasteiger partial charge in [-0.2, -0.15) is 0 Å². The number of rotatable bonds is 4. The van der Waals surface area contributed by atoms with Crippen LogP contribution in [0.4, 0.5) is 0 Å². The van der Waals surface area contributed by atoms with Crippen molar-refractivity contribution in [3.05, 3.63) is 35.4 Å². The van der Waals surface area contributed by atoms with Crippen LogP contribution in [0.15, 0.2) is 24.3 Å². The topological polar surface area (TPSA) is 35.5 Å². The summed E-state index contributed by atoms with van der Waals surface area (Å²) >= 11 is 0. The number of carbonyl (C=O) groups excluding carboxylic acids is 1. The Labute approximate surface area is 121 Å². The Morgan fingerprint density at radius 2 is 2.10 bits per heavy atom. The van der Waals surface area contributed by atoms with Gasteiger partial charge in [0.2, 0.25) is 0 Å². The highest BCUT2D eigenvalue weighted by Gasteiger charge is 2.36. The fourth-order valence-electron chi connectivity index (χ4n) is 2.59. The normalized spacial score (nSPS) is 26.2. The molecule has 1 aromatic rings. The van der Waals surface area contributed by atoms with Gasteiger partial charge in [0.05, 0.1) is 12.7 Å². The lowest BCUT2D eigenvalue weighted by molar-refractivity contribution is -0.173. The molecule has 0 spiro atoms. The molecule has 1 aromatic carbocycles. The Kier molecular flexibility index (Phi) is 4.81. The Morgan fingerprint density at radius 1 is 1.40 bits per heavy atom. The van der Waals surface area contributed by atoms with E-state index in [0.717, 1.165) is 24.8 Å². The third-order valence-corrected chi connectivity index (χ3v) is 3.83. The average Bonchev–Trinajstić information content (AvgIpc) is 2.39. The summed E-state index contributed by atoms with van der Waals surface area (Å²) in [6.45, 7) is 6.71. The number of aryl methyl sites for hydroxylation is 1. The highest BCUT2D eigenvalue weighted by atomic mass is 16.6. The molecule has 3 heteroatoms. The molecule has 0 saturated carbocycles. The number of carbonyl (C=O) groups is 1. The maximum absolute atomic E-state index is 11.7. The van der Waals surface area contributed by atoms with Crippen LogP contribution in [0.2, 0.25) is 0 Å². The fraction of sp³-hybridized carbons (Fsp3) is 0.588. The molecule has 0 bridgehead atoms. The molecular formula is C17H24O3. The van der Waals surface area contributed by atoms with E-state index in [4.69, 9.17) is 9.47 Å². The summed E-state index contributed by atoms with van der Waals surface area (Å²) in [6, 6.07) is 8.38. The van der Waals surface area contributed by atoms with Crippen LogP contribution in [0, 0.1) is 6.92 Å². The first-order valence-corrected chi connectivity index (χ1v) is 7.42. The molecule has 2 unspecified atom stereocenters. The molecule has 110 valence electrons. The van der Waals surface area contributed by atoms with Gasteiger partial charge in [0.25, 0.3) is 0 Å². The standard InChI is InChI=1S/C17H24O3/c1-4-5-16(18)20-17(3)10-11-19-15(12-17)14-8-6-13(2)7-9-14/h6-9,15H,4-5,10-12H2,1-3H3. The fourth-order valence-corrected chi connectivity index (χ4v) is 2.59. The zero-order chi connectivity index (χ0) is 14.6. The first kappa shape index (κ1) is 15.0. The van der Waals surface area contributed by atoms with Crippen molar-refractivity contribution in [2.24, 2.45) is 0 Å². The molecule has 20 heavy (non-hydrogen) atoms. The van der Waals surface area contributed by atoms with Crippen molar-refractivity contribution in [3.8, 4) is 0 Å². The maximum Gasteiger partial charge on any atom is 0.306 e. The molecule has 0 amide bonds. The van der Waals surface area contributed by atoms with E-state index in [0.29, 0.717) is 13.0 Å². The monoisotopic (exact) mass is 276 g/mol. The van der Waals surface area contributed by atoms with Gasteiger partial charge in [-0.1, -0.05) is 36.8 Å². The third-order valence-electron chi connectivity index (χ3n) is 3.83. The lowest BCUT2D eigenvalue weighted by Gasteiger charge is -2.38.